The van der Waals surface area contributed by atoms with Gasteiger partial charge < -0.3 is 8.92 Å². The standard InChI is InChI=1S/C15H26F2O2S/c1-5-14(16,15(17,6-2)18-3)12-8-11-7-10(12)9-13(11)19-20-4/h10-13H,5-9H2,1-4H3. The van der Waals surface area contributed by atoms with Gasteiger partial charge in [0.05, 0.1) is 6.10 Å². The molecule has 2 saturated carbocycles. The molecule has 0 spiro atoms. The van der Waals surface area contributed by atoms with Crippen LogP contribution in [0, 0.1) is 17.8 Å². The number of fused-ring (bicyclic) bond motifs is 2. The maximum atomic E-state index is 15.5. The molecule has 0 N–H and O–H groups in total. The van der Waals surface area contributed by atoms with Gasteiger partial charge in [-0.05, 0) is 49.6 Å². The predicted molar refractivity (Wildman–Crippen MR) is 78.0 cm³/mol. The number of hydrogen-bond acceptors (Lipinski definition) is 3. The van der Waals surface area contributed by atoms with Gasteiger partial charge in [0.25, 0.3) is 0 Å². The lowest BCUT2D eigenvalue weighted by atomic mass is 9.71. The second-order valence-corrected chi connectivity index (χ2v) is 6.66. The van der Waals surface area contributed by atoms with Crippen LogP contribution in [0.1, 0.15) is 46.0 Å². The topological polar surface area (TPSA) is 18.5 Å². The smallest absolute Gasteiger partial charge is 0.243 e. The predicted octanol–water partition coefficient (Wildman–Crippen LogP) is 4.54. The first-order valence-electron chi connectivity index (χ1n) is 7.58. The van der Waals surface area contributed by atoms with Crippen molar-refractivity contribution >= 4 is 12.0 Å². The fourth-order valence-corrected chi connectivity index (χ4v) is 4.92. The van der Waals surface area contributed by atoms with Crippen LogP contribution in [-0.4, -0.2) is 31.0 Å². The van der Waals surface area contributed by atoms with Crippen molar-refractivity contribution < 1.29 is 17.7 Å². The summed E-state index contributed by atoms with van der Waals surface area (Å²) in [5.41, 5.74) is -1.89. The average Bonchev–Trinajstić information content (AvgIpc) is 3.05. The van der Waals surface area contributed by atoms with E-state index < -0.39 is 11.5 Å². The molecule has 2 aliphatic carbocycles. The van der Waals surface area contributed by atoms with Crippen LogP contribution >= 0.6 is 12.0 Å². The van der Waals surface area contributed by atoms with Crippen molar-refractivity contribution in [2.45, 2.75) is 63.6 Å². The zero-order chi connectivity index (χ0) is 15.0. The first-order chi connectivity index (χ1) is 9.45. The van der Waals surface area contributed by atoms with E-state index in [2.05, 4.69) is 0 Å². The Morgan fingerprint density at radius 2 is 1.80 bits per heavy atom. The summed E-state index contributed by atoms with van der Waals surface area (Å²) < 4.78 is 41.0. The average molecular weight is 308 g/mol. The second-order valence-electron chi connectivity index (χ2n) is 6.14. The fourth-order valence-electron chi connectivity index (χ4n) is 4.44. The van der Waals surface area contributed by atoms with Crippen LogP contribution in [0.2, 0.25) is 0 Å². The molecule has 6 atom stereocenters. The molecule has 0 radical (unpaired) electrons. The monoisotopic (exact) mass is 308 g/mol. The van der Waals surface area contributed by atoms with Crippen molar-refractivity contribution in [1.29, 1.82) is 0 Å². The molecule has 2 nitrogen and oxygen atoms in total. The number of hydrogen-bond donors (Lipinski definition) is 0. The summed E-state index contributed by atoms with van der Waals surface area (Å²) in [6.45, 7) is 3.38. The molecule has 0 aromatic heterocycles. The van der Waals surface area contributed by atoms with E-state index in [1.54, 1.807) is 13.8 Å². The fraction of sp³-hybridized carbons (Fsp3) is 1.00. The van der Waals surface area contributed by atoms with Crippen LogP contribution in [0.5, 0.6) is 0 Å². The van der Waals surface area contributed by atoms with Gasteiger partial charge >= 0.3 is 0 Å². The summed E-state index contributed by atoms with van der Waals surface area (Å²) in [4.78, 5) is 0. The molecule has 118 valence electrons. The number of rotatable bonds is 7. The van der Waals surface area contributed by atoms with Crippen molar-refractivity contribution in [3.63, 3.8) is 0 Å². The highest BCUT2D eigenvalue weighted by atomic mass is 32.2. The van der Waals surface area contributed by atoms with Crippen LogP contribution in [0.25, 0.3) is 0 Å². The number of alkyl halides is 2. The molecule has 20 heavy (non-hydrogen) atoms. The van der Waals surface area contributed by atoms with Gasteiger partial charge in [-0.15, -0.1) is 0 Å². The minimum atomic E-state index is -2.17. The van der Waals surface area contributed by atoms with Crippen LogP contribution in [0.15, 0.2) is 0 Å². The molecule has 0 saturated heterocycles. The molecule has 2 rings (SSSR count). The number of halogens is 2. The first kappa shape index (κ1) is 16.5. The van der Waals surface area contributed by atoms with Gasteiger partial charge in [0, 0.05) is 25.7 Å². The van der Waals surface area contributed by atoms with Crippen molar-refractivity contribution in [2.24, 2.45) is 17.8 Å². The number of methoxy groups -OCH3 is 1. The Bertz CT molecular complexity index is 338. The van der Waals surface area contributed by atoms with Crippen molar-refractivity contribution in [3.8, 4) is 0 Å². The normalized spacial score (nSPS) is 38.7. The lowest BCUT2D eigenvalue weighted by Crippen LogP contribution is -2.55. The second kappa shape index (κ2) is 6.09. The zero-order valence-electron chi connectivity index (χ0n) is 12.8. The molecule has 0 aromatic carbocycles. The van der Waals surface area contributed by atoms with E-state index >= 15 is 4.39 Å². The van der Waals surface area contributed by atoms with Gasteiger partial charge in [-0.25, -0.2) is 8.78 Å². The summed E-state index contributed by atoms with van der Waals surface area (Å²) in [5.74, 6) is -1.83. The van der Waals surface area contributed by atoms with E-state index in [0.717, 1.165) is 19.3 Å². The maximum Gasteiger partial charge on any atom is 0.243 e. The largest absolute Gasteiger partial charge is 0.347 e. The Morgan fingerprint density at radius 3 is 2.20 bits per heavy atom. The maximum absolute atomic E-state index is 15.5. The van der Waals surface area contributed by atoms with Gasteiger partial charge in [0.15, 0.2) is 5.67 Å². The van der Waals surface area contributed by atoms with Gasteiger partial charge in [0.1, 0.15) is 0 Å². The summed E-state index contributed by atoms with van der Waals surface area (Å²) in [5, 5.41) is 0. The van der Waals surface area contributed by atoms with E-state index in [1.165, 1.54) is 19.2 Å². The Morgan fingerprint density at radius 1 is 1.10 bits per heavy atom. The minimum absolute atomic E-state index is 0.0481. The quantitative estimate of drug-likeness (QED) is 0.644. The third-order valence-electron chi connectivity index (χ3n) is 5.51. The summed E-state index contributed by atoms with van der Waals surface area (Å²) in [6, 6.07) is 0. The molecule has 2 bridgehead atoms. The molecule has 0 amide bonds. The van der Waals surface area contributed by atoms with Crippen LogP contribution < -0.4 is 0 Å². The Kier molecular flexibility index (Phi) is 5.02. The highest BCUT2D eigenvalue weighted by molar-refractivity contribution is 7.93. The molecular formula is C15H26F2O2S. The molecule has 0 heterocycles. The van der Waals surface area contributed by atoms with Gasteiger partial charge in [-0.2, -0.15) is 0 Å². The SMILES string of the molecule is CCC(F)(OC)C(F)(CC)C1CC2CC1CC2OSC. The Labute approximate surface area is 125 Å². The van der Waals surface area contributed by atoms with E-state index in [9.17, 15) is 4.39 Å². The van der Waals surface area contributed by atoms with Crippen LogP contribution in [-0.2, 0) is 8.92 Å². The third-order valence-corrected chi connectivity index (χ3v) is 5.95. The summed E-state index contributed by atoms with van der Waals surface area (Å²) >= 11 is 1.38. The highest BCUT2D eigenvalue weighted by Gasteiger charge is 2.63. The van der Waals surface area contributed by atoms with E-state index in [1.807, 2.05) is 6.26 Å². The van der Waals surface area contributed by atoms with Crippen molar-refractivity contribution in [1.82, 2.24) is 0 Å². The molecule has 0 aliphatic heterocycles. The van der Waals surface area contributed by atoms with E-state index in [-0.39, 0.29) is 30.8 Å². The summed E-state index contributed by atoms with van der Waals surface area (Å²) in [7, 11) is 1.28. The molecule has 5 heteroatoms. The molecule has 6 unspecified atom stereocenters. The summed E-state index contributed by atoms with van der Waals surface area (Å²) in [6.07, 6.45) is 4.86. The van der Waals surface area contributed by atoms with Gasteiger partial charge in [0.2, 0.25) is 5.85 Å². The van der Waals surface area contributed by atoms with E-state index in [0.29, 0.717) is 5.92 Å². The molecule has 2 fully saturated rings. The Balaban J connectivity index is 2.16. The van der Waals surface area contributed by atoms with Crippen molar-refractivity contribution in [3.05, 3.63) is 0 Å². The zero-order valence-corrected chi connectivity index (χ0v) is 13.6. The van der Waals surface area contributed by atoms with Crippen LogP contribution in [0.3, 0.4) is 0 Å². The third kappa shape index (κ3) is 2.40. The molecule has 2 aliphatic rings. The lowest BCUT2D eigenvalue weighted by molar-refractivity contribution is -0.242. The highest BCUT2D eigenvalue weighted by Crippen LogP contribution is 2.58. The van der Waals surface area contributed by atoms with E-state index in [4.69, 9.17) is 8.92 Å². The number of ether oxygens (including phenoxy) is 1. The molecular weight excluding hydrogens is 282 g/mol. The van der Waals surface area contributed by atoms with Crippen LogP contribution in [0.4, 0.5) is 8.78 Å². The lowest BCUT2D eigenvalue weighted by Gasteiger charge is -2.44. The van der Waals surface area contributed by atoms with Crippen molar-refractivity contribution in [2.75, 3.05) is 13.4 Å². The first-order valence-corrected chi connectivity index (χ1v) is 8.73. The van der Waals surface area contributed by atoms with Gasteiger partial charge in [-0.1, -0.05) is 13.8 Å². The Hall–Kier alpha value is 0.130. The molecule has 0 aromatic rings. The van der Waals surface area contributed by atoms with Gasteiger partial charge in [-0.3, -0.25) is 0 Å². The minimum Gasteiger partial charge on any atom is -0.347 e.